The first kappa shape index (κ1) is 12.3. The van der Waals surface area contributed by atoms with Crippen molar-refractivity contribution in [1.29, 1.82) is 0 Å². The molecule has 2 rings (SSSR count). The molecule has 0 aromatic heterocycles. The number of likely N-dealkylation sites (tertiary alicyclic amines) is 1. The number of hydrogen-bond acceptors (Lipinski definition) is 4. The third-order valence-electron chi connectivity index (χ3n) is 3.34. The fraction of sp³-hybridized carbons (Fsp3) is 0.818. The summed E-state index contributed by atoms with van der Waals surface area (Å²) in [6.07, 6.45) is 0.645. The van der Waals surface area contributed by atoms with E-state index >= 15 is 0 Å². The number of carbonyl (C=O) groups excluding carboxylic acids is 1. The van der Waals surface area contributed by atoms with E-state index in [1.165, 1.54) is 0 Å². The molecule has 0 aromatic carbocycles. The summed E-state index contributed by atoms with van der Waals surface area (Å²) >= 11 is 0. The number of carboxylic acid groups (broad SMARTS) is 1. The van der Waals surface area contributed by atoms with Gasteiger partial charge in [-0.2, -0.15) is 0 Å². The van der Waals surface area contributed by atoms with Gasteiger partial charge in [-0.3, -0.25) is 14.5 Å². The first-order valence-electron chi connectivity index (χ1n) is 5.97. The summed E-state index contributed by atoms with van der Waals surface area (Å²) in [5.41, 5.74) is 0. The van der Waals surface area contributed by atoms with Crippen LogP contribution in [0.5, 0.6) is 0 Å². The van der Waals surface area contributed by atoms with Gasteiger partial charge < -0.3 is 14.7 Å². The molecule has 2 saturated heterocycles. The van der Waals surface area contributed by atoms with Gasteiger partial charge >= 0.3 is 5.97 Å². The summed E-state index contributed by atoms with van der Waals surface area (Å²) < 4.78 is 5.18. The zero-order valence-corrected chi connectivity index (χ0v) is 9.80. The number of hydrogen-bond donors (Lipinski definition) is 1. The van der Waals surface area contributed by atoms with E-state index in [-0.39, 0.29) is 11.8 Å². The molecule has 0 spiro atoms. The lowest BCUT2D eigenvalue weighted by Crippen LogP contribution is -2.45. The highest BCUT2D eigenvalue weighted by molar-refractivity contribution is 5.78. The van der Waals surface area contributed by atoms with Crippen LogP contribution in [0.25, 0.3) is 0 Å². The van der Waals surface area contributed by atoms with E-state index in [0.717, 1.165) is 0 Å². The second-order valence-corrected chi connectivity index (χ2v) is 4.55. The van der Waals surface area contributed by atoms with Gasteiger partial charge in [-0.15, -0.1) is 0 Å². The molecule has 0 aromatic rings. The summed E-state index contributed by atoms with van der Waals surface area (Å²) in [5, 5.41) is 8.88. The Bertz CT molecular complexity index is 302. The van der Waals surface area contributed by atoms with Crippen molar-refractivity contribution in [2.24, 2.45) is 5.92 Å². The van der Waals surface area contributed by atoms with Crippen molar-refractivity contribution in [3.63, 3.8) is 0 Å². The maximum Gasteiger partial charge on any atom is 0.307 e. The van der Waals surface area contributed by atoms with Crippen molar-refractivity contribution in [2.75, 3.05) is 45.9 Å². The molecule has 0 aliphatic carbocycles. The van der Waals surface area contributed by atoms with Crippen LogP contribution in [0, 0.1) is 5.92 Å². The molecule has 2 fully saturated rings. The lowest BCUT2D eigenvalue weighted by Gasteiger charge is -2.28. The molecule has 0 radical (unpaired) electrons. The normalized spacial score (nSPS) is 26.1. The SMILES string of the molecule is O=C(O)C1CCN(CC(=O)N2CCOCC2)C1. The Morgan fingerprint density at radius 3 is 2.53 bits per heavy atom. The number of rotatable bonds is 3. The van der Waals surface area contributed by atoms with E-state index < -0.39 is 5.97 Å². The Morgan fingerprint density at radius 1 is 1.24 bits per heavy atom. The summed E-state index contributed by atoms with van der Waals surface area (Å²) in [6, 6.07) is 0. The quantitative estimate of drug-likeness (QED) is 0.705. The second-order valence-electron chi connectivity index (χ2n) is 4.55. The van der Waals surface area contributed by atoms with E-state index in [0.29, 0.717) is 52.4 Å². The molecule has 1 amide bonds. The molecule has 96 valence electrons. The fourth-order valence-corrected chi connectivity index (χ4v) is 2.28. The van der Waals surface area contributed by atoms with Crippen molar-refractivity contribution in [2.45, 2.75) is 6.42 Å². The average molecular weight is 242 g/mol. The van der Waals surface area contributed by atoms with Crippen molar-refractivity contribution >= 4 is 11.9 Å². The Labute approximate surface area is 100 Å². The van der Waals surface area contributed by atoms with Crippen LogP contribution in [0.4, 0.5) is 0 Å². The van der Waals surface area contributed by atoms with Crippen molar-refractivity contribution < 1.29 is 19.4 Å². The molecular weight excluding hydrogens is 224 g/mol. The Morgan fingerprint density at radius 2 is 1.94 bits per heavy atom. The lowest BCUT2D eigenvalue weighted by molar-refractivity contribution is -0.142. The van der Waals surface area contributed by atoms with Gasteiger partial charge in [0.05, 0.1) is 25.7 Å². The number of nitrogens with zero attached hydrogens (tertiary/aromatic N) is 2. The molecule has 1 unspecified atom stereocenters. The lowest BCUT2D eigenvalue weighted by atomic mass is 10.1. The van der Waals surface area contributed by atoms with E-state index in [4.69, 9.17) is 9.84 Å². The van der Waals surface area contributed by atoms with Gasteiger partial charge in [-0.25, -0.2) is 0 Å². The standard InChI is InChI=1S/C11H18N2O4/c14-10(13-3-5-17-6-4-13)8-12-2-1-9(7-12)11(15)16/h9H,1-8H2,(H,15,16). The van der Waals surface area contributed by atoms with Crippen molar-refractivity contribution in [3.8, 4) is 0 Å². The summed E-state index contributed by atoms with van der Waals surface area (Å²) in [4.78, 5) is 26.4. The number of aliphatic carboxylic acids is 1. The van der Waals surface area contributed by atoms with Crippen LogP contribution in [0.2, 0.25) is 0 Å². The first-order chi connectivity index (χ1) is 8.16. The Kier molecular flexibility index (Phi) is 3.96. The third-order valence-corrected chi connectivity index (χ3v) is 3.34. The zero-order valence-electron chi connectivity index (χ0n) is 9.80. The van der Waals surface area contributed by atoms with Crippen LogP contribution in [-0.4, -0.2) is 72.7 Å². The van der Waals surface area contributed by atoms with Gasteiger partial charge in [-0.1, -0.05) is 0 Å². The maximum atomic E-state index is 11.9. The number of ether oxygens (including phenoxy) is 1. The molecule has 2 aliphatic rings. The van der Waals surface area contributed by atoms with Crippen LogP contribution in [0.3, 0.4) is 0 Å². The highest BCUT2D eigenvalue weighted by atomic mass is 16.5. The van der Waals surface area contributed by atoms with Crippen LogP contribution in [0.15, 0.2) is 0 Å². The molecule has 1 N–H and O–H groups in total. The molecule has 0 bridgehead atoms. The average Bonchev–Trinajstić information content (AvgIpc) is 2.79. The van der Waals surface area contributed by atoms with Crippen LogP contribution in [-0.2, 0) is 14.3 Å². The first-order valence-corrected chi connectivity index (χ1v) is 5.97. The van der Waals surface area contributed by atoms with Gasteiger partial charge in [0, 0.05) is 19.6 Å². The molecule has 6 heteroatoms. The van der Waals surface area contributed by atoms with E-state index in [1.54, 1.807) is 4.90 Å². The van der Waals surface area contributed by atoms with Crippen LogP contribution >= 0.6 is 0 Å². The highest BCUT2D eigenvalue weighted by Gasteiger charge is 2.30. The van der Waals surface area contributed by atoms with E-state index in [1.807, 2.05) is 4.90 Å². The van der Waals surface area contributed by atoms with Crippen molar-refractivity contribution in [3.05, 3.63) is 0 Å². The van der Waals surface area contributed by atoms with Gasteiger partial charge in [0.1, 0.15) is 0 Å². The van der Waals surface area contributed by atoms with Crippen LogP contribution < -0.4 is 0 Å². The van der Waals surface area contributed by atoms with Gasteiger partial charge in [0.2, 0.25) is 5.91 Å². The van der Waals surface area contributed by atoms with Crippen LogP contribution in [0.1, 0.15) is 6.42 Å². The number of amides is 1. The summed E-state index contributed by atoms with van der Waals surface area (Å²) in [7, 11) is 0. The third kappa shape index (κ3) is 3.17. The van der Waals surface area contributed by atoms with E-state index in [9.17, 15) is 9.59 Å². The number of morpholine rings is 1. The predicted molar refractivity (Wildman–Crippen MR) is 59.6 cm³/mol. The monoisotopic (exact) mass is 242 g/mol. The predicted octanol–water partition coefficient (Wildman–Crippen LogP) is -0.748. The molecule has 0 saturated carbocycles. The minimum Gasteiger partial charge on any atom is -0.481 e. The van der Waals surface area contributed by atoms with Gasteiger partial charge in [0.15, 0.2) is 0 Å². The Hall–Kier alpha value is -1.14. The number of carboxylic acids is 1. The summed E-state index contributed by atoms with van der Waals surface area (Å²) in [5.74, 6) is -0.988. The van der Waals surface area contributed by atoms with Gasteiger partial charge in [0.25, 0.3) is 0 Å². The van der Waals surface area contributed by atoms with Gasteiger partial charge in [-0.05, 0) is 13.0 Å². The maximum absolute atomic E-state index is 11.9. The number of carbonyl (C=O) groups is 2. The highest BCUT2D eigenvalue weighted by Crippen LogP contribution is 2.16. The topological polar surface area (TPSA) is 70.1 Å². The molecule has 6 nitrogen and oxygen atoms in total. The zero-order chi connectivity index (χ0) is 12.3. The minimum atomic E-state index is -0.758. The molecule has 2 heterocycles. The summed E-state index contributed by atoms with van der Waals surface area (Å²) in [6.45, 7) is 4.03. The fourth-order valence-electron chi connectivity index (χ4n) is 2.28. The van der Waals surface area contributed by atoms with E-state index in [2.05, 4.69) is 0 Å². The largest absolute Gasteiger partial charge is 0.481 e. The Balaban J connectivity index is 1.77. The molecule has 17 heavy (non-hydrogen) atoms. The smallest absolute Gasteiger partial charge is 0.307 e. The minimum absolute atomic E-state index is 0.0827. The molecular formula is C11H18N2O4. The van der Waals surface area contributed by atoms with Crippen molar-refractivity contribution in [1.82, 2.24) is 9.80 Å². The molecule has 1 atom stereocenters. The molecule has 2 aliphatic heterocycles. The second kappa shape index (κ2) is 5.46.